The zero-order chi connectivity index (χ0) is 16.7. The van der Waals surface area contributed by atoms with Gasteiger partial charge in [0.25, 0.3) is 5.69 Å². The van der Waals surface area contributed by atoms with Crippen molar-refractivity contribution in [1.82, 2.24) is 0 Å². The first-order valence-electron chi connectivity index (χ1n) is 5.74. The molecular formula is C11H7F3N2O5S. The summed E-state index contributed by atoms with van der Waals surface area (Å²) >= 11 is 0. The average Bonchev–Trinajstić information content (AvgIpc) is 2.41. The standard InChI is InChI=1S/C11H7F3N2O5S/c12-11(13,14)10(18)15-5-1-2-6(16(19)20)9-8(5)7(17)3-4-22(9)21/h1-2H,3-4H2,(H,15,18). The van der Waals surface area contributed by atoms with Gasteiger partial charge in [-0.15, -0.1) is 0 Å². The molecule has 0 saturated heterocycles. The first-order chi connectivity index (χ1) is 10.1. The summed E-state index contributed by atoms with van der Waals surface area (Å²) in [4.78, 5) is 32.4. The Hall–Kier alpha value is -2.30. The highest BCUT2D eigenvalue weighted by Gasteiger charge is 2.40. The van der Waals surface area contributed by atoms with E-state index in [-0.39, 0.29) is 12.2 Å². The second kappa shape index (κ2) is 5.48. The van der Waals surface area contributed by atoms with Crippen molar-refractivity contribution in [3.8, 4) is 0 Å². The average molecular weight is 336 g/mol. The molecule has 1 unspecified atom stereocenters. The molecule has 0 radical (unpaired) electrons. The van der Waals surface area contributed by atoms with Crippen LogP contribution in [0, 0.1) is 10.1 Å². The highest BCUT2D eigenvalue weighted by molar-refractivity contribution is 7.85. The summed E-state index contributed by atoms with van der Waals surface area (Å²) in [6.45, 7) is 0. The molecule has 0 spiro atoms. The van der Waals surface area contributed by atoms with Crippen LogP contribution in [0.25, 0.3) is 0 Å². The number of hydrogen-bond acceptors (Lipinski definition) is 5. The maximum Gasteiger partial charge on any atom is 0.471 e. The number of fused-ring (bicyclic) bond motifs is 1. The fourth-order valence-electron chi connectivity index (χ4n) is 1.93. The van der Waals surface area contributed by atoms with Crippen molar-refractivity contribution >= 4 is 33.9 Å². The number of nitro benzene ring substituents is 1. The largest absolute Gasteiger partial charge is 0.471 e. The van der Waals surface area contributed by atoms with Crippen LogP contribution in [0.15, 0.2) is 17.0 Å². The van der Waals surface area contributed by atoms with Gasteiger partial charge < -0.3 is 5.32 Å². The summed E-state index contributed by atoms with van der Waals surface area (Å²) in [5.74, 6) is -3.20. The van der Waals surface area contributed by atoms with Crippen LogP contribution in [0.1, 0.15) is 16.8 Å². The number of nitrogens with one attached hydrogen (secondary N) is 1. The predicted octanol–water partition coefficient (Wildman–Crippen LogP) is 1.79. The van der Waals surface area contributed by atoms with Crippen LogP contribution >= 0.6 is 0 Å². The molecule has 0 fully saturated rings. The predicted molar refractivity (Wildman–Crippen MR) is 68.0 cm³/mol. The van der Waals surface area contributed by atoms with Gasteiger partial charge in [-0.3, -0.25) is 23.9 Å². The fraction of sp³-hybridized carbons (Fsp3) is 0.273. The van der Waals surface area contributed by atoms with E-state index in [4.69, 9.17) is 0 Å². The number of carbonyl (C=O) groups is 2. The lowest BCUT2D eigenvalue weighted by Crippen LogP contribution is -2.31. The highest BCUT2D eigenvalue weighted by atomic mass is 32.2. The molecule has 0 aliphatic carbocycles. The van der Waals surface area contributed by atoms with Crippen molar-refractivity contribution < 1.29 is 31.9 Å². The minimum atomic E-state index is -5.19. The van der Waals surface area contributed by atoms with Crippen molar-refractivity contribution in [2.75, 3.05) is 11.1 Å². The molecule has 0 saturated carbocycles. The molecule has 1 amide bonds. The monoisotopic (exact) mass is 336 g/mol. The summed E-state index contributed by atoms with van der Waals surface area (Å²) in [5.41, 5.74) is -1.68. The Labute approximate surface area is 123 Å². The molecule has 7 nitrogen and oxygen atoms in total. The summed E-state index contributed by atoms with van der Waals surface area (Å²) in [6, 6.07) is 1.63. The molecule has 1 atom stereocenters. The van der Waals surface area contributed by atoms with Crippen molar-refractivity contribution in [2.24, 2.45) is 0 Å². The zero-order valence-corrected chi connectivity index (χ0v) is 11.4. The minimum Gasteiger partial charge on any atom is -0.318 e. The van der Waals surface area contributed by atoms with Gasteiger partial charge in [0, 0.05) is 18.2 Å². The number of alkyl halides is 3. The zero-order valence-electron chi connectivity index (χ0n) is 10.6. The van der Waals surface area contributed by atoms with Crippen LogP contribution in [0.4, 0.5) is 24.5 Å². The Morgan fingerprint density at radius 2 is 2.00 bits per heavy atom. The van der Waals surface area contributed by atoms with Gasteiger partial charge in [0.1, 0.15) is 4.90 Å². The van der Waals surface area contributed by atoms with E-state index in [1.54, 1.807) is 0 Å². The first-order valence-corrected chi connectivity index (χ1v) is 7.06. The van der Waals surface area contributed by atoms with Gasteiger partial charge in [-0.1, -0.05) is 0 Å². The molecule has 1 aromatic carbocycles. The molecule has 1 heterocycles. The van der Waals surface area contributed by atoms with Crippen LogP contribution in [0.3, 0.4) is 0 Å². The maximum atomic E-state index is 12.3. The number of amides is 1. The fourth-order valence-corrected chi connectivity index (χ4v) is 3.33. The van der Waals surface area contributed by atoms with E-state index >= 15 is 0 Å². The Bertz CT molecular complexity index is 716. The highest BCUT2D eigenvalue weighted by Crippen LogP contribution is 2.36. The van der Waals surface area contributed by atoms with Gasteiger partial charge in [0.15, 0.2) is 5.78 Å². The van der Waals surface area contributed by atoms with Gasteiger partial charge in [-0.2, -0.15) is 13.2 Å². The lowest BCUT2D eigenvalue weighted by Gasteiger charge is -2.18. The number of hydrogen-bond donors (Lipinski definition) is 1. The van der Waals surface area contributed by atoms with Crippen LogP contribution in [-0.4, -0.2) is 32.8 Å². The van der Waals surface area contributed by atoms with Crippen LogP contribution in [0.5, 0.6) is 0 Å². The third kappa shape index (κ3) is 2.84. The molecule has 22 heavy (non-hydrogen) atoms. The van der Waals surface area contributed by atoms with Crippen LogP contribution in [-0.2, 0) is 15.6 Å². The molecule has 1 aromatic rings. The maximum absolute atomic E-state index is 12.3. The number of anilines is 1. The third-order valence-electron chi connectivity index (χ3n) is 2.86. The Morgan fingerprint density at radius 1 is 1.36 bits per heavy atom. The van der Waals surface area contributed by atoms with E-state index in [1.807, 2.05) is 0 Å². The van der Waals surface area contributed by atoms with E-state index < -0.39 is 55.4 Å². The second-order valence-electron chi connectivity index (χ2n) is 4.27. The number of halogens is 3. The van der Waals surface area contributed by atoms with E-state index in [1.165, 1.54) is 5.32 Å². The van der Waals surface area contributed by atoms with Crippen molar-refractivity contribution in [3.63, 3.8) is 0 Å². The summed E-state index contributed by atoms with van der Waals surface area (Å²) in [5, 5.41) is 12.4. The molecule has 1 N–H and O–H groups in total. The van der Waals surface area contributed by atoms with Gasteiger partial charge >= 0.3 is 12.1 Å². The SMILES string of the molecule is O=C1CCS(=O)c2c([N+](=O)[O-])ccc(NC(=O)C(F)(F)F)c21. The second-order valence-corrected chi connectivity index (χ2v) is 5.78. The number of benzene rings is 1. The van der Waals surface area contributed by atoms with Crippen LogP contribution in [0.2, 0.25) is 0 Å². The van der Waals surface area contributed by atoms with Gasteiger partial charge in [0.2, 0.25) is 0 Å². The molecule has 118 valence electrons. The van der Waals surface area contributed by atoms with Gasteiger partial charge in [-0.05, 0) is 6.07 Å². The Balaban J connectivity index is 2.61. The van der Waals surface area contributed by atoms with E-state index in [2.05, 4.69) is 0 Å². The molecular weight excluding hydrogens is 329 g/mol. The van der Waals surface area contributed by atoms with Crippen molar-refractivity contribution in [2.45, 2.75) is 17.5 Å². The molecule has 0 bridgehead atoms. The van der Waals surface area contributed by atoms with E-state index in [0.717, 1.165) is 12.1 Å². The minimum absolute atomic E-state index is 0.163. The molecule has 1 aliphatic heterocycles. The van der Waals surface area contributed by atoms with Gasteiger partial charge in [-0.25, -0.2) is 0 Å². The smallest absolute Gasteiger partial charge is 0.318 e. The summed E-state index contributed by atoms with van der Waals surface area (Å²) in [6.07, 6.45) is -5.43. The summed E-state index contributed by atoms with van der Waals surface area (Å²) < 4.78 is 48.8. The number of ketones is 1. The third-order valence-corrected chi connectivity index (χ3v) is 4.30. The topological polar surface area (TPSA) is 106 Å². The van der Waals surface area contributed by atoms with E-state index in [0.29, 0.717) is 0 Å². The number of carbonyl (C=O) groups excluding carboxylic acids is 2. The van der Waals surface area contributed by atoms with Gasteiger partial charge in [0.05, 0.1) is 27.0 Å². The number of nitro groups is 1. The summed E-state index contributed by atoms with van der Waals surface area (Å²) in [7, 11) is -1.91. The molecule has 0 aromatic heterocycles. The van der Waals surface area contributed by atoms with Crippen molar-refractivity contribution in [3.05, 3.63) is 27.8 Å². The van der Waals surface area contributed by atoms with Crippen LogP contribution < -0.4 is 5.32 Å². The molecule has 11 heteroatoms. The lowest BCUT2D eigenvalue weighted by molar-refractivity contribution is -0.387. The first kappa shape index (κ1) is 16.1. The molecule has 1 aliphatic rings. The number of nitrogens with zero attached hydrogens (tertiary/aromatic N) is 1. The number of rotatable bonds is 2. The van der Waals surface area contributed by atoms with Crippen molar-refractivity contribution in [1.29, 1.82) is 0 Å². The lowest BCUT2D eigenvalue weighted by atomic mass is 10.0. The van der Waals surface area contributed by atoms with E-state index in [9.17, 15) is 37.1 Å². The Morgan fingerprint density at radius 3 is 2.55 bits per heavy atom. The number of Topliss-reactive ketones (excluding diaryl/α,β-unsaturated/α-hetero) is 1. The molecule has 2 rings (SSSR count). The normalized spacial score (nSPS) is 17.8. The quantitative estimate of drug-likeness (QED) is 0.654. The Kier molecular flexibility index (Phi) is 4.00.